The first-order chi connectivity index (χ1) is 4.74. The molecule has 0 atom stereocenters. The van der Waals surface area contributed by atoms with Gasteiger partial charge < -0.3 is 19.6 Å². The van der Waals surface area contributed by atoms with Crippen LogP contribution in [0.2, 0.25) is 0 Å². The summed E-state index contributed by atoms with van der Waals surface area (Å²) >= 11 is 0. The molecule has 0 unspecified atom stereocenters. The first kappa shape index (κ1) is 7.26. The quantitative estimate of drug-likeness (QED) is 0.410. The third-order valence-electron chi connectivity index (χ3n) is 0.961. The highest BCUT2D eigenvalue weighted by Crippen LogP contribution is 1.91. The molecule has 1 aromatic heterocycles. The maximum Gasteiger partial charge on any atom is 0.528 e. The number of oxazole rings is 1. The molecule has 0 aromatic carbocycles. The van der Waals surface area contributed by atoms with E-state index >= 15 is 0 Å². The van der Waals surface area contributed by atoms with Gasteiger partial charge in [-0.1, -0.05) is 0 Å². The highest BCUT2D eigenvalue weighted by Gasteiger charge is 2.16. The molecule has 3 N–H and O–H groups in total. The molecule has 0 aliphatic rings. The molecule has 10 heavy (non-hydrogen) atoms. The van der Waals surface area contributed by atoms with Gasteiger partial charge in [0.05, 0.1) is 6.20 Å². The van der Waals surface area contributed by atoms with E-state index in [2.05, 4.69) is 9.40 Å². The number of aliphatic hydroxyl groups is 1. The fourth-order valence-corrected chi connectivity index (χ4v) is 0.517. The van der Waals surface area contributed by atoms with Crippen LogP contribution in [0.25, 0.3) is 0 Å². The summed E-state index contributed by atoms with van der Waals surface area (Å²) in [4.78, 5) is 3.52. The van der Waals surface area contributed by atoms with Gasteiger partial charge >= 0.3 is 7.12 Å². The van der Waals surface area contributed by atoms with Crippen molar-refractivity contribution in [1.29, 1.82) is 0 Å². The van der Waals surface area contributed by atoms with Gasteiger partial charge in [0.15, 0.2) is 5.66 Å². The lowest BCUT2D eigenvalue weighted by Crippen LogP contribution is -2.28. The minimum atomic E-state index is -1.66. The summed E-state index contributed by atoms with van der Waals surface area (Å²) in [6.45, 7) is -0.341. The second kappa shape index (κ2) is 2.83. The van der Waals surface area contributed by atoms with Crippen LogP contribution in [0.5, 0.6) is 0 Å². The van der Waals surface area contributed by atoms with E-state index in [0.29, 0.717) is 0 Å². The van der Waals surface area contributed by atoms with Crippen LogP contribution in [-0.2, 0) is 6.61 Å². The van der Waals surface area contributed by atoms with Crippen molar-refractivity contribution in [1.82, 2.24) is 4.98 Å². The van der Waals surface area contributed by atoms with Gasteiger partial charge in [-0.3, -0.25) is 0 Å². The van der Waals surface area contributed by atoms with Crippen LogP contribution in [0, 0.1) is 0 Å². The predicted octanol–water partition coefficient (Wildman–Crippen LogP) is -2.15. The molecule has 5 nitrogen and oxygen atoms in total. The largest absolute Gasteiger partial charge is 0.528 e. The van der Waals surface area contributed by atoms with Gasteiger partial charge in [-0.15, -0.1) is 0 Å². The third kappa shape index (κ3) is 1.35. The Kier molecular flexibility index (Phi) is 2.05. The van der Waals surface area contributed by atoms with Gasteiger partial charge in [-0.05, 0) is 0 Å². The molecule has 0 spiro atoms. The Morgan fingerprint density at radius 2 is 2.30 bits per heavy atom. The molecule has 0 radical (unpaired) electrons. The number of rotatable bonds is 2. The van der Waals surface area contributed by atoms with E-state index < -0.39 is 7.12 Å². The molecule has 0 aliphatic carbocycles. The zero-order valence-corrected chi connectivity index (χ0v) is 5.06. The van der Waals surface area contributed by atoms with Crippen molar-refractivity contribution in [3.8, 4) is 0 Å². The fraction of sp³-hybridized carbons (Fsp3) is 0.250. The molecular weight excluding hydrogens is 137 g/mol. The lowest BCUT2D eigenvalue weighted by molar-refractivity contribution is 0.241. The van der Waals surface area contributed by atoms with Crippen LogP contribution in [0.3, 0.4) is 0 Å². The molecule has 0 saturated heterocycles. The average Bonchev–Trinajstić information content (AvgIpc) is 2.34. The van der Waals surface area contributed by atoms with Crippen molar-refractivity contribution in [2.24, 2.45) is 0 Å². The standard InChI is InChI=1S/C4H6BNO4/c7-2-4-6-1-3(10-4)5(8)9/h1,7-9H,2H2. The van der Waals surface area contributed by atoms with Gasteiger partial charge in [-0.2, -0.15) is 0 Å². The Bertz CT molecular complexity index is 211. The average molecular weight is 143 g/mol. The normalized spacial score (nSPS) is 9.90. The topological polar surface area (TPSA) is 86.7 Å². The number of nitrogens with zero attached hydrogens (tertiary/aromatic N) is 1. The Hall–Kier alpha value is -0.845. The second-order valence-electron chi connectivity index (χ2n) is 1.69. The van der Waals surface area contributed by atoms with E-state index in [9.17, 15) is 0 Å². The molecule has 0 aliphatic heterocycles. The van der Waals surface area contributed by atoms with Gasteiger partial charge in [0.1, 0.15) is 6.61 Å². The predicted molar refractivity (Wildman–Crippen MR) is 32.3 cm³/mol. The van der Waals surface area contributed by atoms with Crippen LogP contribution >= 0.6 is 0 Å². The smallest absolute Gasteiger partial charge is 0.447 e. The lowest BCUT2D eigenvalue weighted by Gasteiger charge is -1.88. The Balaban J connectivity index is 2.78. The summed E-state index contributed by atoms with van der Waals surface area (Å²) in [6, 6.07) is 0. The number of hydrogen-bond acceptors (Lipinski definition) is 5. The summed E-state index contributed by atoms with van der Waals surface area (Å²) in [5, 5.41) is 25.4. The highest BCUT2D eigenvalue weighted by molar-refractivity contribution is 6.56. The lowest BCUT2D eigenvalue weighted by atomic mass is 9.89. The van der Waals surface area contributed by atoms with E-state index in [1.807, 2.05) is 0 Å². The summed E-state index contributed by atoms with van der Waals surface area (Å²) in [5.74, 6) is 0.0723. The SMILES string of the molecule is OCc1ncc(B(O)O)o1. The fourth-order valence-electron chi connectivity index (χ4n) is 0.517. The number of aliphatic hydroxyl groups excluding tert-OH is 1. The van der Waals surface area contributed by atoms with E-state index in [1.54, 1.807) is 0 Å². The molecule has 1 rings (SSSR count). The highest BCUT2D eigenvalue weighted by atomic mass is 16.4. The van der Waals surface area contributed by atoms with Gasteiger partial charge in [-0.25, -0.2) is 4.98 Å². The molecule has 6 heteroatoms. The maximum atomic E-state index is 8.47. The Morgan fingerprint density at radius 3 is 2.60 bits per heavy atom. The van der Waals surface area contributed by atoms with Crippen molar-refractivity contribution in [2.75, 3.05) is 0 Å². The summed E-state index contributed by atoms with van der Waals surface area (Å²) in [6.07, 6.45) is 1.15. The summed E-state index contributed by atoms with van der Waals surface area (Å²) in [7, 11) is -1.66. The van der Waals surface area contributed by atoms with E-state index in [1.165, 1.54) is 0 Å². The molecule has 0 saturated carbocycles. The van der Waals surface area contributed by atoms with Crippen molar-refractivity contribution >= 4 is 12.8 Å². The molecule has 54 valence electrons. The maximum absolute atomic E-state index is 8.47. The Labute approximate surface area is 57.1 Å². The zero-order chi connectivity index (χ0) is 7.56. The molecule has 1 heterocycles. The number of aromatic nitrogens is 1. The minimum absolute atomic E-state index is 0.0657. The molecular formula is C4H6BNO4. The first-order valence-electron chi connectivity index (χ1n) is 2.65. The van der Waals surface area contributed by atoms with E-state index in [4.69, 9.17) is 15.2 Å². The van der Waals surface area contributed by atoms with Crippen LogP contribution in [-0.4, -0.2) is 27.3 Å². The molecule has 0 fully saturated rings. The van der Waals surface area contributed by atoms with E-state index in [-0.39, 0.29) is 18.2 Å². The van der Waals surface area contributed by atoms with Crippen LogP contribution < -0.4 is 5.66 Å². The Morgan fingerprint density at radius 1 is 1.60 bits per heavy atom. The van der Waals surface area contributed by atoms with E-state index in [0.717, 1.165) is 6.20 Å². The summed E-state index contributed by atoms with van der Waals surface area (Å²) in [5.41, 5.74) is -0.0657. The van der Waals surface area contributed by atoms with Crippen molar-refractivity contribution < 1.29 is 19.6 Å². The molecule has 0 amide bonds. The van der Waals surface area contributed by atoms with Gasteiger partial charge in [0.2, 0.25) is 5.89 Å². The van der Waals surface area contributed by atoms with Crippen molar-refractivity contribution in [3.63, 3.8) is 0 Å². The monoisotopic (exact) mass is 143 g/mol. The first-order valence-corrected chi connectivity index (χ1v) is 2.65. The van der Waals surface area contributed by atoms with Crippen LogP contribution in [0.15, 0.2) is 10.6 Å². The van der Waals surface area contributed by atoms with Gasteiger partial charge in [0.25, 0.3) is 0 Å². The molecule has 0 bridgehead atoms. The van der Waals surface area contributed by atoms with Crippen molar-refractivity contribution in [3.05, 3.63) is 12.1 Å². The van der Waals surface area contributed by atoms with Crippen molar-refractivity contribution in [2.45, 2.75) is 6.61 Å². The third-order valence-corrected chi connectivity index (χ3v) is 0.961. The zero-order valence-electron chi connectivity index (χ0n) is 5.06. The van der Waals surface area contributed by atoms with Crippen LogP contribution in [0.1, 0.15) is 5.89 Å². The van der Waals surface area contributed by atoms with Crippen LogP contribution in [0.4, 0.5) is 0 Å². The minimum Gasteiger partial charge on any atom is -0.447 e. The molecule has 1 aromatic rings. The second-order valence-corrected chi connectivity index (χ2v) is 1.69. The summed E-state index contributed by atoms with van der Waals surface area (Å²) < 4.78 is 4.63. The van der Waals surface area contributed by atoms with Gasteiger partial charge in [0, 0.05) is 0 Å². The number of hydrogen-bond donors (Lipinski definition) is 3.